The van der Waals surface area contributed by atoms with Crippen LogP contribution in [-0.2, 0) is 4.74 Å². The molecule has 116 valence electrons. The van der Waals surface area contributed by atoms with Crippen LogP contribution in [0.1, 0.15) is 37.5 Å². The molecule has 0 N–H and O–H groups in total. The average molecular weight is 317 g/mol. The van der Waals surface area contributed by atoms with Crippen LogP contribution in [-0.4, -0.2) is 24.6 Å². The lowest BCUT2D eigenvalue weighted by Gasteiger charge is -2.15. The van der Waals surface area contributed by atoms with Crippen LogP contribution in [0.15, 0.2) is 17.1 Å². The van der Waals surface area contributed by atoms with E-state index in [0.29, 0.717) is 18.9 Å². The van der Waals surface area contributed by atoms with Gasteiger partial charge in [0, 0.05) is 12.2 Å². The summed E-state index contributed by atoms with van der Waals surface area (Å²) in [5, 5.41) is -0.537. The van der Waals surface area contributed by atoms with Gasteiger partial charge < -0.3 is 14.0 Å². The number of carbonyl (C=O) groups is 1. The van der Waals surface area contributed by atoms with E-state index < -0.39 is 53.8 Å². The molecule has 1 saturated carbocycles. The molecule has 1 aromatic carbocycles. The minimum Gasteiger partial charge on any atom is -0.491 e. The number of benzene rings is 1. The Bertz CT molecular complexity index is 1030. The van der Waals surface area contributed by atoms with E-state index in [0.717, 1.165) is 6.20 Å². The standard InChI is InChI=1S/C15H13F2NO4/c1-21-14-11(17)10(16)5-8-12(14)18(7-3-4-7)6-9(13(8)19)15(20)22-2/h5-7H,3-4H2,1-2H3/i1+1D3,2+1D3. The van der Waals surface area contributed by atoms with Crippen molar-refractivity contribution in [2.45, 2.75) is 18.9 Å². The molecule has 0 aliphatic heterocycles. The van der Waals surface area contributed by atoms with Gasteiger partial charge in [0.05, 0.1) is 33.2 Å². The van der Waals surface area contributed by atoms with E-state index in [1.807, 2.05) is 0 Å². The van der Waals surface area contributed by atoms with E-state index in [1.165, 1.54) is 4.57 Å². The molecule has 7 heteroatoms. The molecule has 2 aromatic rings. The van der Waals surface area contributed by atoms with Crippen molar-refractivity contribution < 1.29 is 31.3 Å². The third-order valence-electron chi connectivity index (χ3n) is 3.52. The van der Waals surface area contributed by atoms with Crippen LogP contribution in [0.3, 0.4) is 0 Å². The normalized spacial score (nSPS) is 19.4. The van der Waals surface area contributed by atoms with Crippen LogP contribution < -0.4 is 10.2 Å². The highest BCUT2D eigenvalue weighted by Crippen LogP contribution is 2.40. The number of esters is 1. The van der Waals surface area contributed by atoms with Crippen molar-refractivity contribution in [1.29, 1.82) is 0 Å². The number of nitrogens with zero attached hydrogens (tertiary/aromatic N) is 1. The Morgan fingerprint density at radius 2 is 2.18 bits per heavy atom. The Morgan fingerprint density at radius 3 is 2.82 bits per heavy atom. The van der Waals surface area contributed by atoms with Gasteiger partial charge in [0.25, 0.3) is 0 Å². The van der Waals surface area contributed by atoms with Crippen LogP contribution in [0.5, 0.6) is 5.75 Å². The summed E-state index contributed by atoms with van der Waals surface area (Å²) in [6, 6.07) is 0.163. The first-order valence-corrected chi connectivity index (χ1v) is 6.28. The van der Waals surface area contributed by atoms with E-state index in [1.54, 1.807) is 0 Å². The fraction of sp³-hybridized carbons (Fsp3) is 0.333. The maximum Gasteiger partial charge on any atom is 0.343 e. The molecular weight excluding hydrogens is 298 g/mol. The highest BCUT2D eigenvalue weighted by atomic mass is 19.2. The molecule has 3 rings (SSSR count). The van der Waals surface area contributed by atoms with Crippen molar-refractivity contribution in [2.24, 2.45) is 0 Å². The predicted octanol–water partition coefficient (Wildman–Crippen LogP) is 2.41. The Kier molecular flexibility index (Phi) is 2.05. The largest absolute Gasteiger partial charge is 0.491 e. The fourth-order valence-electron chi connectivity index (χ4n) is 2.36. The zero-order valence-electron chi connectivity index (χ0n) is 17.0. The minimum atomic E-state index is -3.13. The predicted molar refractivity (Wildman–Crippen MR) is 74.3 cm³/mol. The van der Waals surface area contributed by atoms with Gasteiger partial charge in [0.2, 0.25) is 11.2 Å². The second-order valence-electron chi connectivity index (χ2n) is 4.90. The first-order valence-electron chi connectivity index (χ1n) is 9.28. The molecule has 1 aliphatic carbocycles. The molecule has 1 fully saturated rings. The quantitative estimate of drug-likeness (QED) is 0.644. The summed E-state index contributed by atoms with van der Waals surface area (Å²) >= 11 is 0. The molecule has 1 aromatic heterocycles. The van der Waals surface area contributed by atoms with Crippen LogP contribution in [0, 0.1) is 11.6 Å². The number of hydrogen-bond donors (Lipinski definition) is 0. The molecule has 0 unspecified atom stereocenters. The number of rotatable bonds is 3. The number of halogens is 2. The van der Waals surface area contributed by atoms with Gasteiger partial charge >= 0.3 is 5.97 Å². The molecule has 0 atom stereocenters. The van der Waals surface area contributed by atoms with Crippen molar-refractivity contribution in [3.63, 3.8) is 0 Å². The minimum absolute atomic E-state index is 0.340. The summed E-state index contributed by atoms with van der Waals surface area (Å²) in [6.45, 7) is 0. The number of aromatic nitrogens is 1. The summed E-state index contributed by atoms with van der Waals surface area (Å²) in [7, 11) is -6.25. The van der Waals surface area contributed by atoms with Gasteiger partial charge in [-0.15, -0.1) is 0 Å². The van der Waals surface area contributed by atoms with Gasteiger partial charge in [-0.25, -0.2) is 9.18 Å². The molecule has 0 spiro atoms. The molecule has 1 heterocycles. The number of fused-ring (bicyclic) bond motifs is 1. The van der Waals surface area contributed by atoms with Gasteiger partial charge in [-0.3, -0.25) is 4.79 Å². The zero-order valence-corrected chi connectivity index (χ0v) is 11.0. The third-order valence-corrected chi connectivity index (χ3v) is 3.52. The third kappa shape index (κ3) is 2.04. The molecule has 0 saturated heterocycles. The number of hydrogen-bond acceptors (Lipinski definition) is 4. The smallest absolute Gasteiger partial charge is 0.343 e. The summed E-state index contributed by atoms with van der Waals surface area (Å²) in [6.07, 6.45) is 2.05. The maximum atomic E-state index is 14.3. The second-order valence-corrected chi connectivity index (χ2v) is 4.90. The molecule has 22 heavy (non-hydrogen) atoms. The Balaban J connectivity index is 2.33. The van der Waals surface area contributed by atoms with Crippen LogP contribution in [0.4, 0.5) is 8.78 Å². The summed E-state index contributed by atoms with van der Waals surface area (Å²) < 4.78 is 80.8. The first kappa shape index (κ1) is 8.87. The van der Waals surface area contributed by atoms with Crippen molar-refractivity contribution in [1.82, 2.24) is 4.57 Å². The molecule has 1 aliphatic rings. The van der Waals surface area contributed by atoms with E-state index in [2.05, 4.69) is 9.47 Å². The fourth-order valence-corrected chi connectivity index (χ4v) is 2.36. The summed E-state index contributed by atoms with van der Waals surface area (Å²) in [5.74, 6) is -5.62. The monoisotopic (exact) mass is 317 g/mol. The van der Waals surface area contributed by atoms with Gasteiger partial charge in [-0.05, 0) is 18.9 Å². The molecular formula is C15H13F2NO4. The lowest BCUT2D eigenvalue weighted by molar-refractivity contribution is 0.0598. The SMILES string of the molecule is [2H][13C]([2H])([2H])OC(=O)c1cn(C2CC2)c2c(O[13C]([2H])([2H])[2H])c(F)c(F)cc2c1=O. The van der Waals surface area contributed by atoms with Crippen LogP contribution >= 0.6 is 0 Å². The van der Waals surface area contributed by atoms with Crippen LogP contribution in [0.25, 0.3) is 10.9 Å². The van der Waals surface area contributed by atoms with Crippen molar-refractivity contribution in [3.05, 3.63) is 39.7 Å². The Labute approximate surface area is 132 Å². The van der Waals surface area contributed by atoms with Crippen molar-refractivity contribution >= 4 is 16.9 Å². The van der Waals surface area contributed by atoms with Gasteiger partial charge in [0.15, 0.2) is 11.6 Å². The van der Waals surface area contributed by atoms with Crippen molar-refractivity contribution in [3.8, 4) is 5.75 Å². The average Bonchev–Trinajstić information content (AvgIpc) is 3.34. The molecule has 0 bridgehead atoms. The number of methoxy groups -OCH3 is 2. The van der Waals surface area contributed by atoms with E-state index in [9.17, 15) is 18.4 Å². The van der Waals surface area contributed by atoms with Crippen molar-refractivity contribution in [2.75, 3.05) is 14.1 Å². The van der Waals surface area contributed by atoms with Crippen LogP contribution in [0.2, 0.25) is 0 Å². The summed E-state index contributed by atoms with van der Waals surface area (Å²) in [5.41, 5.74) is -2.19. The highest BCUT2D eigenvalue weighted by molar-refractivity contribution is 5.95. The summed E-state index contributed by atoms with van der Waals surface area (Å²) in [4.78, 5) is 24.8. The number of ether oxygens (including phenoxy) is 2. The van der Waals surface area contributed by atoms with E-state index in [4.69, 9.17) is 8.22 Å². The van der Waals surface area contributed by atoms with Gasteiger partial charge in [-0.1, -0.05) is 0 Å². The molecule has 0 amide bonds. The lowest BCUT2D eigenvalue weighted by Crippen LogP contribution is -2.20. The van der Waals surface area contributed by atoms with E-state index >= 15 is 0 Å². The highest BCUT2D eigenvalue weighted by Gasteiger charge is 2.30. The van der Waals surface area contributed by atoms with Gasteiger partial charge in [0.1, 0.15) is 5.56 Å². The number of carbonyl (C=O) groups excluding carboxylic acids is 1. The maximum absolute atomic E-state index is 14.3. The van der Waals surface area contributed by atoms with E-state index in [-0.39, 0.29) is 11.6 Å². The Morgan fingerprint density at radius 1 is 1.41 bits per heavy atom. The zero-order chi connectivity index (χ0) is 21.0. The topological polar surface area (TPSA) is 57.5 Å². The second kappa shape index (κ2) is 5.08. The first-order chi connectivity index (χ1) is 12.8. The molecule has 5 nitrogen and oxygen atoms in total. The lowest BCUT2D eigenvalue weighted by atomic mass is 10.1. The Hall–Kier alpha value is -2.44. The van der Waals surface area contributed by atoms with Gasteiger partial charge in [-0.2, -0.15) is 4.39 Å². The molecule has 0 radical (unpaired) electrons. The number of pyridine rings is 1.